The molecule has 6 heteroatoms. The van der Waals surface area contributed by atoms with Gasteiger partial charge in [-0.25, -0.2) is 0 Å². The summed E-state index contributed by atoms with van der Waals surface area (Å²) in [4.78, 5) is 28.3. The predicted molar refractivity (Wildman–Crippen MR) is 227 cm³/mol. The van der Waals surface area contributed by atoms with Gasteiger partial charge in [0.1, 0.15) is 0 Å². The first kappa shape index (κ1) is 51.9. The molecule has 2 unspecified atom stereocenters. The van der Waals surface area contributed by atoms with Crippen molar-refractivity contribution in [2.24, 2.45) is 11.8 Å². The minimum Gasteiger partial charge on any atom is -0.465 e. The molecule has 0 heterocycles. The Morgan fingerprint density at radius 1 is 0.396 bits per heavy atom. The summed E-state index contributed by atoms with van der Waals surface area (Å²) in [6.45, 7) is 13.0. The number of carbonyl (C=O) groups excluding carboxylic acids is 2. The van der Waals surface area contributed by atoms with E-state index in [1.165, 1.54) is 109 Å². The fraction of sp³-hybridized carbons (Fsp3) is 0.957. The molecule has 0 rings (SSSR count). The van der Waals surface area contributed by atoms with Crippen LogP contribution in [0.1, 0.15) is 240 Å². The molecule has 0 aromatic rings. The molecule has 0 amide bonds. The fourth-order valence-corrected chi connectivity index (χ4v) is 7.55. The Hall–Kier alpha value is -1.14. The highest BCUT2D eigenvalue weighted by Gasteiger charge is 2.20. The average Bonchev–Trinajstić information content (AvgIpc) is 3.16. The van der Waals surface area contributed by atoms with Crippen LogP contribution in [-0.4, -0.2) is 61.4 Å². The molecule has 0 aliphatic carbocycles. The van der Waals surface area contributed by atoms with Gasteiger partial charge in [0.05, 0.1) is 31.7 Å². The van der Waals surface area contributed by atoms with E-state index >= 15 is 0 Å². The molecule has 0 spiro atoms. The van der Waals surface area contributed by atoms with Crippen molar-refractivity contribution in [3.63, 3.8) is 0 Å². The molecule has 0 aliphatic rings. The van der Waals surface area contributed by atoms with E-state index < -0.39 is 0 Å². The van der Waals surface area contributed by atoms with Crippen LogP contribution < -0.4 is 0 Å². The highest BCUT2D eigenvalue weighted by Crippen LogP contribution is 2.22. The number of unbranched alkanes of at least 4 members (excludes halogenated alkanes) is 23. The van der Waals surface area contributed by atoms with Gasteiger partial charge in [0.15, 0.2) is 0 Å². The Kier molecular flexibility index (Phi) is 41.1. The number of carbonyl (C=O) groups is 2. The predicted octanol–water partition coefficient (Wildman–Crippen LogP) is 13.6. The summed E-state index contributed by atoms with van der Waals surface area (Å²) in [5.41, 5.74) is 0. The highest BCUT2D eigenvalue weighted by atomic mass is 16.5. The van der Waals surface area contributed by atoms with Crippen LogP contribution in [0.3, 0.4) is 0 Å². The summed E-state index contributed by atoms with van der Waals surface area (Å²) < 4.78 is 11.6. The molecule has 0 bridgehead atoms. The molecule has 0 saturated carbocycles. The summed E-state index contributed by atoms with van der Waals surface area (Å²) >= 11 is 0. The van der Waals surface area contributed by atoms with Gasteiger partial charge in [-0.1, -0.05) is 188 Å². The summed E-state index contributed by atoms with van der Waals surface area (Å²) in [6.07, 6.45) is 38.7. The summed E-state index contributed by atoms with van der Waals surface area (Å²) in [5, 5.41) is 9.61. The molecular weight excluding hydrogens is 659 g/mol. The van der Waals surface area contributed by atoms with E-state index in [-0.39, 0.29) is 30.4 Å². The monoisotopic (exact) mass is 752 g/mol. The Morgan fingerprint density at radius 3 is 1.02 bits per heavy atom. The topological polar surface area (TPSA) is 76.1 Å². The van der Waals surface area contributed by atoms with Gasteiger partial charge in [-0.2, -0.15) is 0 Å². The van der Waals surface area contributed by atoms with E-state index in [0.717, 1.165) is 122 Å². The number of rotatable bonds is 43. The van der Waals surface area contributed by atoms with E-state index in [4.69, 9.17) is 9.47 Å². The zero-order valence-electron chi connectivity index (χ0n) is 36.3. The van der Waals surface area contributed by atoms with Crippen molar-refractivity contribution in [2.45, 2.75) is 240 Å². The number of hydrogen-bond acceptors (Lipinski definition) is 6. The highest BCUT2D eigenvalue weighted by molar-refractivity contribution is 5.72. The second-order valence-electron chi connectivity index (χ2n) is 16.3. The lowest BCUT2D eigenvalue weighted by Gasteiger charge is -2.21. The quantitative estimate of drug-likeness (QED) is 0.0494. The van der Waals surface area contributed by atoms with E-state index in [9.17, 15) is 14.7 Å². The third kappa shape index (κ3) is 35.0. The molecule has 0 aliphatic heterocycles. The van der Waals surface area contributed by atoms with E-state index in [0.29, 0.717) is 13.2 Å². The summed E-state index contributed by atoms with van der Waals surface area (Å²) in [6, 6.07) is 0. The Morgan fingerprint density at radius 2 is 0.679 bits per heavy atom. The first-order valence-electron chi connectivity index (χ1n) is 23.7. The summed E-state index contributed by atoms with van der Waals surface area (Å²) in [5.74, 6) is 0.263. The van der Waals surface area contributed by atoms with Crippen LogP contribution in [0, 0.1) is 11.8 Å². The lowest BCUT2D eigenvalue weighted by atomic mass is 9.94. The average molecular weight is 752 g/mol. The van der Waals surface area contributed by atoms with Gasteiger partial charge < -0.3 is 19.5 Å². The molecule has 0 fully saturated rings. The van der Waals surface area contributed by atoms with Crippen molar-refractivity contribution in [2.75, 3.05) is 39.5 Å². The van der Waals surface area contributed by atoms with E-state index in [2.05, 4.69) is 32.6 Å². The molecule has 0 aromatic carbocycles. The molecule has 0 radical (unpaired) electrons. The molecule has 2 atom stereocenters. The molecule has 0 aromatic heterocycles. The maximum Gasteiger partial charge on any atom is 0.308 e. The summed E-state index contributed by atoms with van der Waals surface area (Å²) in [7, 11) is 0. The third-order valence-electron chi connectivity index (χ3n) is 11.2. The second kappa shape index (κ2) is 42.0. The van der Waals surface area contributed by atoms with Gasteiger partial charge >= 0.3 is 11.9 Å². The number of aliphatic hydroxyl groups is 1. The van der Waals surface area contributed by atoms with Gasteiger partial charge in [-0.15, -0.1) is 0 Å². The van der Waals surface area contributed by atoms with Gasteiger partial charge in [0, 0.05) is 6.54 Å². The van der Waals surface area contributed by atoms with Crippen LogP contribution in [0.15, 0.2) is 0 Å². The fourth-order valence-electron chi connectivity index (χ4n) is 7.55. The zero-order valence-corrected chi connectivity index (χ0v) is 36.3. The van der Waals surface area contributed by atoms with E-state index in [1.54, 1.807) is 0 Å². The van der Waals surface area contributed by atoms with Crippen molar-refractivity contribution in [1.82, 2.24) is 4.90 Å². The van der Waals surface area contributed by atoms with Crippen LogP contribution in [0.2, 0.25) is 0 Å². The van der Waals surface area contributed by atoms with Crippen molar-refractivity contribution in [3.8, 4) is 0 Å². The van der Waals surface area contributed by atoms with Crippen molar-refractivity contribution >= 4 is 11.9 Å². The second-order valence-corrected chi connectivity index (χ2v) is 16.3. The number of hydrogen-bond donors (Lipinski definition) is 1. The molecular formula is C47H93NO5. The smallest absolute Gasteiger partial charge is 0.308 e. The SMILES string of the molecule is CCCCCCCCC(CCCCCC)C(=O)OCCCCCCN(CCO)CCCCCCOC(=O)C(CCCCCCC)CCCCCCCC. The molecule has 53 heavy (non-hydrogen) atoms. The number of aliphatic hydroxyl groups excluding tert-OH is 1. The standard InChI is InChI=1S/C47H93NO5/c1-5-9-13-17-20-28-36-44(34-26-16-12-8-4)46(50)52-42-32-24-22-30-38-48(40-41-49)39-31-23-25-33-43-53-47(51)45(35-27-19-15-11-7-3)37-29-21-18-14-10-6-2/h44-45,49H,5-43H2,1-4H3. The van der Waals surface area contributed by atoms with Gasteiger partial charge in [-0.05, 0) is 64.5 Å². The number of esters is 2. The normalized spacial score (nSPS) is 12.7. The Balaban J connectivity index is 4.22. The van der Waals surface area contributed by atoms with Crippen LogP contribution >= 0.6 is 0 Å². The minimum atomic E-state index is 0.0446. The lowest BCUT2D eigenvalue weighted by Crippen LogP contribution is -2.29. The molecule has 1 N–H and O–H groups in total. The first-order chi connectivity index (χ1) is 26.0. The maximum absolute atomic E-state index is 13.0. The Labute approximate surface area is 331 Å². The van der Waals surface area contributed by atoms with Crippen molar-refractivity contribution < 1.29 is 24.2 Å². The number of nitrogens with zero attached hydrogens (tertiary/aromatic N) is 1. The first-order valence-corrected chi connectivity index (χ1v) is 23.7. The Bertz CT molecular complexity index is 761. The molecule has 316 valence electrons. The third-order valence-corrected chi connectivity index (χ3v) is 11.2. The molecule has 6 nitrogen and oxygen atoms in total. The minimum absolute atomic E-state index is 0.0446. The van der Waals surface area contributed by atoms with Crippen LogP contribution in [-0.2, 0) is 19.1 Å². The van der Waals surface area contributed by atoms with Crippen LogP contribution in [0.25, 0.3) is 0 Å². The molecule has 0 saturated heterocycles. The van der Waals surface area contributed by atoms with Crippen molar-refractivity contribution in [3.05, 3.63) is 0 Å². The number of ether oxygens (including phenoxy) is 2. The zero-order chi connectivity index (χ0) is 38.9. The van der Waals surface area contributed by atoms with Crippen LogP contribution in [0.4, 0.5) is 0 Å². The lowest BCUT2D eigenvalue weighted by molar-refractivity contribution is -0.150. The van der Waals surface area contributed by atoms with E-state index in [1.807, 2.05) is 0 Å². The van der Waals surface area contributed by atoms with Crippen molar-refractivity contribution in [1.29, 1.82) is 0 Å². The van der Waals surface area contributed by atoms with Gasteiger partial charge in [0.25, 0.3) is 0 Å². The van der Waals surface area contributed by atoms with Gasteiger partial charge in [0.2, 0.25) is 0 Å². The van der Waals surface area contributed by atoms with Crippen LogP contribution in [0.5, 0.6) is 0 Å². The largest absolute Gasteiger partial charge is 0.465 e. The maximum atomic E-state index is 13.0. The van der Waals surface area contributed by atoms with Gasteiger partial charge in [-0.3, -0.25) is 9.59 Å².